The molecular weight excluding hydrogens is 610 g/mol. The monoisotopic (exact) mass is 648 g/mol. The lowest BCUT2D eigenvalue weighted by Crippen LogP contribution is -2.56. The average molecular weight is 649 g/mol. The molecule has 1 aromatic carbocycles. The number of hydrogen-bond acceptors (Lipinski definition) is 11. The van der Waals surface area contributed by atoms with Gasteiger partial charge in [-0.3, -0.25) is 4.90 Å². The first-order valence-electron chi connectivity index (χ1n) is 15.7. The summed E-state index contributed by atoms with van der Waals surface area (Å²) < 4.78 is 46.3. The second kappa shape index (κ2) is 13.2. The van der Waals surface area contributed by atoms with Crippen LogP contribution in [-0.4, -0.2) is 107 Å². The Labute approximate surface area is 272 Å². The highest BCUT2D eigenvalue weighted by atomic mass is 19.3. The minimum Gasteiger partial charge on any atom is -0.481 e. The molecule has 1 unspecified atom stereocenters. The first-order valence-corrected chi connectivity index (χ1v) is 15.7. The summed E-state index contributed by atoms with van der Waals surface area (Å²) >= 11 is 0. The van der Waals surface area contributed by atoms with E-state index in [-0.39, 0.29) is 24.4 Å². The number of alkyl halides is 2. The van der Waals surface area contributed by atoms with E-state index in [2.05, 4.69) is 42.2 Å². The van der Waals surface area contributed by atoms with Crippen LogP contribution in [0.2, 0.25) is 0 Å². The number of nitriles is 1. The number of ether oxygens (including phenoxy) is 3. The normalized spacial score (nSPS) is 20.2. The van der Waals surface area contributed by atoms with Crippen molar-refractivity contribution in [2.75, 3.05) is 62.7 Å². The zero-order valence-electron chi connectivity index (χ0n) is 26.7. The summed E-state index contributed by atoms with van der Waals surface area (Å²) in [5.74, 6) is -3.10. The number of carbonyl (C=O) groups excluding carboxylic acids is 1. The van der Waals surface area contributed by atoms with Gasteiger partial charge in [0.25, 0.3) is 0 Å². The van der Waals surface area contributed by atoms with Crippen molar-refractivity contribution in [2.45, 2.75) is 50.9 Å². The molecule has 0 bridgehead atoms. The van der Waals surface area contributed by atoms with Gasteiger partial charge in [-0.15, -0.1) is 0 Å². The van der Waals surface area contributed by atoms with Gasteiger partial charge in [0.2, 0.25) is 5.95 Å². The van der Waals surface area contributed by atoms with Gasteiger partial charge < -0.3 is 29.3 Å². The molecule has 2 aromatic heterocycles. The van der Waals surface area contributed by atoms with Crippen LogP contribution in [0.4, 0.5) is 30.9 Å². The molecule has 0 aliphatic carbocycles. The molecule has 1 amide bonds. The van der Waals surface area contributed by atoms with E-state index in [1.807, 2.05) is 18.2 Å². The number of nitrogens with zero attached hydrogens (tertiary/aromatic N) is 7. The van der Waals surface area contributed by atoms with Gasteiger partial charge in [0, 0.05) is 56.7 Å². The maximum atomic E-state index is 15.1. The SMILES string of the molecule is CC(C)(C)OC(=O)N1CCC(Oc2ccc(-c3ccnc(Nc4ccc(N5CCN(C6COC6)CC5)cc4)n3)nc2C#N)C(F)(F)C1. The molecule has 0 radical (unpaired) electrons. The smallest absolute Gasteiger partial charge is 0.410 e. The van der Waals surface area contributed by atoms with E-state index in [1.54, 1.807) is 39.1 Å². The molecule has 0 spiro atoms. The predicted octanol–water partition coefficient (Wildman–Crippen LogP) is 4.70. The van der Waals surface area contributed by atoms with Gasteiger partial charge in [0.1, 0.15) is 11.7 Å². The van der Waals surface area contributed by atoms with E-state index in [9.17, 15) is 10.1 Å². The maximum Gasteiger partial charge on any atom is 0.410 e. The number of piperazine rings is 1. The van der Waals surface area contributed by atoms with Crippen LogP contribution in [-0.2, 0) is 9.47 Å². The van der Waals surface area contributed by atoms with Gasteiger partial charge in [-0.2, -0.15) is 5.26 Å². The summed E-state index contributed by atoms with van der Waals surface area (Å²) in [5, 5.41) is 13.0. The maximum absolute atomic E-state index is 15.1. The fourth-order valence-corrected chi connectivity index (χ4v) is 5.69. The third-order valence-electron chi connectivity index (χ3n) is 8.28. The van der Waals surface area contributed by atoms with Crippen molar-refractivity contribution in [2.24, 2.45) is 0 Å². The Balaban J connectivity index is 1.08. The molecule has 3 saturated heterocycles. The summed E-state index contributed by atoms with van der Waals surface area (Å²) in [6, 6.07) is 15.2. The second-order valence-electron chi connectivity index (χ2n) is 12.9. The van der Waals surface area contributed by atoms with Crippen LogP contribution in [0.1, 0.15) is 32.9 Å². The Hall–Kier alpha value is -4.61. The molecule has 47 heavy (non-hydrogen) atoms. The van der Waals surface area contributed by atoms with E-state index in [1.165, 1.54) is 6.07 Å². The van der Waals surface area contributed by atoms with Crippen LogP contribution in [0.25, 0.3) is 11.4 Å². The molecule has 6 rings (SSSR count). The topological polar surface area (TPSA) is 129 Å². The van der Waals surface area contributed by atoms with Crippen molar-refractivity contribution >= 4 is 23.4 Å². The Bertz CT molecular complexity index is 1620. The van der Waals surface area contributed by atoms with Crippen molar-refractivity contribution in [3.63, 3.8) is 0 Å². The highest BCUT2D eigenvalue weighted by Crippen LogP contribution is 2.33. The molecule has 3 aliphatic heterocycles. The van der Waals surface area contributed by atoms with E-state index in [0.29, 0.717) is 23.4 Å². The third kappa shape index (κ3) is 7.69. The summed E-state index contributed by atoms with van der Waals surface area (Å²) in [4.78, 5) is 31.4. The lowest BCUT2D eigenvalue weighted by atomic mass is 10.0. The highest BCUT2D eigenvalue weighted by Gasteiger charge is 2.48. The van der Waals surface area contributed by atoms with Crippen LogP contribution in [0.3, 0.4) is 0 Å². The first-order chi connectivity index (χ1) is 22.5. The quantitative estimate of drug-likeness (QED) is 0.383. The molecule has 248 valence electrons. The van der Waals surface area contributed by atoms with Gasteiger partial charge in [-0.1, -0.05) is 0 Å². The zero-order valence-corrected chi connectivity index (χ0v) is 26.7. The number of rotatable bonds is 7. The molecule has 1 atom stereocenters. The molecular formula is C33H38F2N8O4. The number of likely N-dealkylation sites (tertiary alicyclic amines) is 1. The zero-order chi connectivity index (χ0) is 33.2. The number of hydrogen-bond donors (Lipinski definition) is 1. The fourth-order valence-electron chi connectivity index (χ4n) is 5.69. The number of piperidine rings is 1. The second-order valence-corrected chi connectivity index (χ2v) is 12.9. The fraction of sp³-hybridized carbons (Fsp3) is 0.485. The van der Waals surface area contributed by atoms with Gasteiger partial charge >= 0.3 is 12.0 Å². The Morgan fingerprint density at radius 3 is 2.38 bits per heavy atom. The molecule has 3 aromatic rings. The van der Waals surface area contributed by atoms with Crippen LogP contribution >= 0.6 is 0 Å². The molecule has 14 heteroatoms. The molecule has 0 saturated carbocycles. The lowest BCUT2D eigenvalue weighted by molar-refractivity contribution is -0.137. The minimum atomic E-state index is -3.37. The number of halogens is 2. The highest BCUT2D eigenvalue weighted by molar-refractivity contribution is 5.68. The van der Waals surface area contributed by atoms with E-state index < -0.39 is 30.3 Å². The largest absolute Gasteiger partial charge is 0.481 e. The summed E-state index contributed by atoms with van der Waals surface area (Å²) in [6.07, 6.45) is -0.926. The average Bonchev–Trinajstić information content (AvgIpc) is 3.01. The minimum absolute atomic E-state index is 0.0234. The number of amides is 1. The number of pyridine rings is 1. The molecule has 1 N–H and O–H groups in total. The number of nitrogens with one attached hydrogen (secondary N) is 1. The van der Waals surface area contributed by atoms with Crippen LogP contribution in [0, 0.1) is 11.3 Å². The predicted molar refractivity (Wildman–Crippen MR) is 170 cm³/mol. The Morgan fingerprint density at radius 1 is 1.02 bits per heavy atom. The number of benzene rings is 1. The Morgan fingerprint density at radius 2 is 1.74 bits per heavy atom. The molecule has 3 aliphatic rings. The van der Waals surface area contributed by atoms with Crippen molar-refractivity contribution in [1.82, 2.24) is 24.8 Å². The van der Waals surface area contributed by atoms with Crippen molar-refractivity contribution < 1.29 is 27.8 Å². The van der Waals surface area contributed by atoms with Crippen LogP contribution in [0.15, 0.2) is 48.7 Å². The lowest BCUT2D eigenvalue weighted by Gasteiger charge is -2.43. The van der Waals surface area contributed by atoms with Crippen molar-refractivity contribution in [3.05, 3.63) is 54.4 Å². The summed E-state index contributed by atoms with van der Waals surface area (Å²) in [7, 11) is 0. The molecule has 5 heterocycles. The van der Waals surface area contributed by atoms with Gasteiger partial charge in [0.15, 0.2) is 17.5 Å². The van der Waals surface area contributed by atoms with Gasteiger partial charge in [-0.25, -0.2) is 28.5 Å². The first kappa shape index (κ1) is 32.3. The summed E-state index contributed by atoms with van der Waals surface area (Å²) in [6.45, 7) is 9.82. The van der Waals surface area contributed by atoms with E-state index in [4.69, 9.17) is 14.2 Å². The van der Waals surface area contributed by atoms with Crippen LogP contribution in [0.5, 0.6) is 5.75 Å². The van der Waals surface area contributed by atoms with Gasteiger partial charge in [0.05, 0.1) is 37.2 Å². The number of carbonyl (C=O) groups is 1. The van der Waals surface area contributed by atoms with Crippen molar-refractivity contribution in [1.29, 1.82) is 5.26 Å². The number of aromatic nitrogens is 3. The van der Waals surface area contributed by atoms with E-state index in [0.717, 1.165) is 55.7 Å². The van der Waals surface area contributed by atoms with Gasteiger partial charge in [-0.05, 0) is 63.2 Å². The molecule has 12 nitrogen and oxygen atoms in total. The summed E-state index contributed by atoms with van der Waals surface area (Å²) in [5.41, 5.74) is 1.80. The van der Waals surface area contributed by atoms with E-state index >= 15 is 8.78 Å². The molecule has 3 fully saturated rings. The number of anilines is 3. The third-order valence-corrected chi connectivity index (χ3v) is 8.28. The van der Waals surface area contributed by atoms with Crippen LogP contribution < -0.4 is 15.0 Å². The standard InChI is InChI=1S/C33H38F2N8O4/c1-32(2,3)47-31(44)43-13-11-29(33(34,35)21-43)46-28-9-8-25(39-27(28)18-36)26-10-12-37-30(40-26)38-22-4-6-23(7-5-22)41-14-16-42(17-15-41)24-19-45-20-24/h4-10,12,24,29H,11,13-17,19-21H2,1-3H3,(H,37,38,40). The Kier molecular flexibility index (Phi) is 9.11. The van der Waals surface area contributed by atoms with Crippen molar-refractivity contribution in [3.8, 4) is 23.2 Å².